The zero-order chi connectivity index (χ0) is 15.0. The fourth-order valence-corrected chi connectivity index (χ4v) is 3.25. The number of amides is 3. The van der Waals surface area contributed by atoms with Crippen LogP contribution in [0.15, 0.2) is 22.7 Å². The topological polar surface area (TPSA) is 70.7 Å². The highest BCUT2D eigenvalue weighted by molar-refractivity contribution is 9.10. The summed E-state index contributed by atoms with van der Waals surface area (Å²) in [7, 11) is 1.57. The first-order valence-electron chi connectivity index (χ1n) is 6.73. The van der Waals surface area contributed by atoms with E-state index in [9.17, 15) is 9.59 Å². The van der Waals surface area contributed by atoms with Crippen LogP contribution in [-0.4, -0.2) is 42.6 Å². The van der Waals surface area contributed by atoms with E-state index in [-0.39, 0.29) is 18.5 Å². The second kappa shape index (κ2) is 5.31. The lowest BCUT2D eigenvalue weighted by Crippen LogP contribution is -2.48. The number of hydrogen-bond acceptors (Lipinski definition) is 4. The molecule has 2 aliphatic rings. The molecule has 2 N–H and O–H groups in total. The van der Waals surface area contributed by atoms with Crippen LogP contribution in [0.2, 0.25) is 0 Å². The van der Waals surface area contributed by atoms with Gasteiger partial charge in [-0.05, 0) is 31.2 Å². The van der Waals surface area contributed by atoms with Crippen LogP contribution in [0, 0.1) is 0 Å². The van der Waals surface area contributed by atoms with Crippen LogP contribution >= 0.6 is 15.9 Å². The van der Waals surface area contributed by atoms with E-state index in [0.29, 0.717) is 18.7 Å². The summed E-state index contributed by atoms with van der Waals surface area (Å²) in [5.41, 5.74) is 0.0226. The van der Waals surface area contributed by atoms with Gasteiger partial charge in [-0.25, -0.2) is 4.79 Å². The number of carbonyl (C=O) groups is 2. The standard InChI is InChI=1S/C14H16BrN3O3/c1-21-11-3-2-10(15)6-9(11)7-18-12(19)14(17-13(18)20)4-5-16-8-14/h2-3,6,16H,4-5,7-8H2,1H3,(H,17,20). The first-order chi connectivity index (χ1) is 10.1. The Morgan fingerprint density at radius 1 is 1.43 bits per heavy atom. The Balaban J connectivity index is 1.86. The van der Waals surface area contributed by atoms with Gasteiger partial charge in [0.1, 0.15) is 11.3 Å². The van der Waals surface area contributed by atoms with Crippen molar-refractivity contribution in [1.82, 2.24) is 15.5 Å². The monoisotopic (exact) mass is 353 g/mol. The maximum Gasteiger partial charge on any atom is 0.325 e. The largest absolute Gasteiger partial charge is 0.496 e. The molecule has 0 aliphatic carbocycles. The van der Waals surface area contributed by atoms with Gasteiger partial charge in [0.05, 0.1) is 13.7 Å². The number of imide groups is 1. The van der Waals surface area contributed by atoms with Crippen molar-refractivity contribution >= 4 is 27.9 Å². The average molecular weight is 354 g/mol. The molecular formula is C14H16BrN3O3. The van der Waals surface area contributed by atoms with E-state index in [4.69, 9.17) is 4.74 Å². The summed E-state index contributed by atoms with van der Waals surface area (Å²) in [6.07, 6.45) is 0.629. The Kier molecular flexibility index (Phi) is 3.62. The minimum Gasteiger partial charge on any atom is -0.496 e. The molecule has 1 unspecified atom stereocenters. The van der Waals surface area contributed by atoms with Crippen molar-refractivity contribution in [3.63, 3.8) is 0 Å². The number of halogens is 1. The molecule has 112 valence electrons. The normalized spacial score (nSPS) is 24.8. The first-order valence-corrected chi connectivity index (χ1v) is 7.52. The summed E-state index contributed by atoms with van der Waals surface area (Å²) in [6.45, 7) is 1.43. The van der Waals surface area contributed by atoms with Gasteiger partial charge in [-0.3, -0.25) is 9.69 Å². The van der Waals surface area contributed by atoms with Crippen molar-refractivity contribution in [3.05, 3.63) is 28.2 Å². The Bertz CT molecular complexity index is 599. The molecule has 21 heavy (non-hydrogen) atoms. The zero-order valence-electron chi connectivity index (χ0n) is 11.6. The molecule has 0 radical (unpaired) electrons. The molecule has 2 heterocycles. The SMILES string of the molecule is COc1ccc(Br)cc1CN1C(=O)NC2(CCNC2)C1=O. The van der Waals surface area contributed by atoms with Crippen molar-refractivity contribution in [2.75, 3.05) is 20.2 Å². The molecule has 2 saturated heterocycles. The third-order valence-corrected chi connectivity index (χ3v) is 4.47. The van der Waals surface area contributed by atoms with Crippen molar-refractivity contribution in [3.8, 4) is 5.75 Å². The number of nitrogens with one attached hydrogen (secondary N) is 2. The van der Waals surface area contributed by atoms with E-state index in [1.54, 1.807) is 7.11 Å². The summed E-state index contributed by atoms with van der Waals surface area (Å²) < 4.78 is 6.17. The number of nitrogens with zero attached hydrogens (tertiary/aromatic N) is 1. The quantitative estimate of drug-likeness (QED) is 0.802. The van der Waals surface area contributed by atoms with Crippen LogP contribution < -0.4 is 15.4 Å². The maximum absolute atomic E-state index is 12.6. The molecule has 2 aliphatic heterocycles. The molecule has 0 aromatic heterocycles. The Hall–Kier alpha value is -1.60. The van der Waals surface area contributed by atoms with E-state index in [1.165, 1.54) is 4.90 Å². The lowest BCUT2D eigenvalue weighted by molar-refractivity contribution is -0.131. The molecule has 1 aromatic carbocycles. The van der Waals surface area contributed by atoms with Gasteiger partial charge >= 0.3 is 6.03 Å². The average Bonchev–Trinajstić information content (AvgIpc) is 3.01. The van der Waals surface area contributed by atoms with Gasteiger partial charge in [0.25, 0.3) is 5.91 Å². The molecule has 2 fully saturated rings. The van der Waals surface area contributed by atoms with E-state index < -0.39 is 5.54 Å². The van der Waals surface area contributed by atoms with Crippen LogP contribution in [0.4, 0.5) is 4.79 Å². The van der Waals surface area contributed by atoms with Gasteiger partial charge in [-0.1, -0.05) is 15.9 Å². The third-order valence-electron chi connectivity index (χ3n) is 3.97. The van der Waals surface area contributed by atoms with Crippen molar-refractivity contribution in [2.24, 2.45) is 0 Å². The van der Waals surface area contributed by atoms with Crippen LogP contribution in [-0.2, 0) is 11.3 Å². The minimum absolute atomic E-state index is 0.167. The van der Waals surface area contributed by atoms with Gasteiger partial charge in [0.2, 0.25) is 0 Å². The predicted octanol–water partition coefficient (Wildman–Crippen LogP) is 1.24. The summed E-state index contributed by atoms with van der Waals surface area (Å²) in [5.74, 6) is 0.490. The highest BCUT2D eigenvalue weighted by Gasteiger charge is 2.52. The minimum atomic E-state index is -0.768. The molecule has 7 heteroatoms. The molecule has 1 aromatic rings. The highest BCUT2D eigenvalue weighted by Crippen LogP contribution is 2.29. The summed E-state index contributed by atoms with van der Waals surface area (Å²) in [5, 5.41) is 5.95. The number of carbonyl (C=O) groups excluding carboxylic acids is 2. The lowest BCUT2D eigenvalue weighted by atomic mass is 9.99. The van der Waals surface area contributed by atoms with Crippen molar-refractivity contribution < 1.29 is 14.3 Å². The van der Waals surface area contributed by atoms with E-state index in [2.05, 4.69) is 26.6 Å². The van der Waals surface area contributed by atoms with Gasteiger partial charge in [0.15, 0.2) is 0 Å². The molecule has 3 amide bonds. The highest BCUT2D eigenvalue weighted by atomic mass is 79.9. The molecular weight excluding hydrogens is 338 g/mol. The van der Waals surface area contributed by atoms with Crippen LogP contribution in [0.1, 0.15) is 12.0 Å². The summed E-state index contributed by atoms with van der Waals surface area (Å²) >= 11 is 3.40. The van der Waals surface area contributed by atoms with Crippen LogP contribution in [0.5, 0.6) is 5.75 Å². The molecule has 0 bridgehead atoms. The zero-order valence-corrected chi connectivity index (χ0v) is 13.2. The Labute approximate surface area is 131 Å². The molecule has 3 rings (SSSR count). The number of benzene rings is 1. The van der Waals surface area contributed by atoms with Crippen LogP contribution in [0.3, 0.4) is 0 Å². The number of methoxy groups -OCH3 is 1. The molecule has 0 saturated carbocycles. The number of rotatable bonds is 3. The van der Waals surface area contributed by atoms with Gasteiger partial charge in [-0.15, -0.1) is 0 Å². The molecule has 6 nitrogen and oxygen atoms in total. The lowest BCUT2D eigenvalue weighted by Gasteiger charge is -2.20. The molecule has 1 atom stereocenters. The summed E-state index contributed by atoms with van der Waals surface area (Å²) in [4.78, 5) is 26.0. The maximum atomic E-state index is 12.6. The third kappa shape index (κ3) is 2.40. The number of urea groups is 1. The second-order valence-corrected chi connectivity index (χ2v) is 6.20. The number of ether oxygens (including phenoxy) is 1. The Morgan fingerprint density at radius 2 is 2.24 bits per heavy atom. The molecule has 1 spiro atoms. The van der Waals surface area contributed by atoms with E-state index >= 15 is 0 Å². The van der Waals surface area contributed by atoms with Gasteiger partial charge in [0, 0.05) is 16.6 Å². The van der Waals surface area contributed by atoms with Crippen LogP contribution in [0.25, 0.3) is 0 Å². The fourth-order valence-electron chi connectivity index (χ4n) is 2.84. The first kappa shape index (κ1) is 14.3. The number of hydrogen-bond donors (Lipinski definition) is 2. The van der Waals surface area contributed by atoms with Crippen molar-refractivity contribution in [2.45, 2.75) is 18.5 Å². The second-order valence-electron chi connectivity index (χ2n) is 5.29. The van der Waals surface area contributed by atoms with E-state index in [1.807, 2.05) is 18.2 Å². The Morgan fingerprint density at radius 3 is 2.90 bits per heavy atom. The summed E-state index contributed by atoms with van der Waals surface area (Å²) in [6, 6.07) is 5.18. The van der Waals surface area contributed by atoms with Crippen molar-refractivity contribution in [1.29, 1.82) is 0 Å². The van der Waals surface area contributed by atoms with Gasteiger partial charge in [-0.2, -0.15) is 0 Å². The predicted molar refractivity (Wildman–Crippen MR) is 80.0 cm³/mol. The smallest absolute Gasteiger partial charge is 0.325 e. The van der Waals surface area contributed by atoms with E-state index in [0.717, 1.165) is 16.6 Å². The van der Waals surface area contributed by atoms with Gasteiger partial charge < -0.3 is 15.4 Å². The fraction of sp³-hybridized carbons (Fsp3) is 0.429.